The van der Waals surface area contributed by atoms with Crippen molar-refractivity contribution in [2.75, 3.05) is 30.5 Å². The Morgan fingerprint density at radius 3 is 2.51 bits per heavy atom. The summed E-state index contributed by atoms with van der Waals surface area (Å²) >= 11 is 3.53. The number of benzene rings is 4. The van der Waals surface area contributed by atoms with Crippen molar-refractivity contribution in [2.24, 2.45) is 11.7 Å². The number of rotatable bonds is 7. The van der Waals surface area contributed by atoms with Gasteiger partial charge in [0.25, 0.3) is 5.91 Å². The molecule has 1 aliphatic rings. The van der Waals surface area contributed by atoms with Crippen LogP contribution in [-0.4, -0.2) is 44.0 Å². The number of halogens is 1. The lowest BCUT2D eigenvalue weighted by atomic mass is 9.83. The van der Waals surface area contributed by atoms with Gasteiger partial charge in [-0.1, -0.05) is 46.3 Å². The van der Waals surface area contributed by atoms with Gasteiger partial charge in [0.2, 0.25) is 11.8 Å². The number of nitrogens with zero attached hydrogens (tertiary/aromatic N) is 3. The highest BCUT2D eigenvalue weighted by molar-refractivity contribution is 9.10. The van der Waals surface area contributed by atoms with Gasteiger partial charge in [-0.05, 0) is 73.3 Å². The molecule has 10 heteroatoms. The molecule has 1 heterocycles. The Morgan fingerprint density at radius 1 is 1.09 bits per heavy atom. The van der Waals surface area contributed by atoms with Gasteiger partial charge >= 0.3 is 0 Å². The van der Waals surface area contributed by atoms with Gasteiger partial charge in [-0.2, -0.15) is 5.26 Å². The number of nitrogens with one attached hydrogen (secondary N) is 1. The van der Waals surface area contributed by atoms with Gasteiger partial charge in [-0.25, -0.2) is 0 Å². The normalized spacial score (nSPS) is 16.2. The van der Waals surface area contributed by atoms with E-state index in [2.05, 4.69) is 27.3 Å². The minimum absolute atomic E-state index is 0.0962. The average Bonchev–Trinajstić information content (AvgIpc) is 3.14. The third-order valence-electron chi connectivity index (χ3n) is 8.19. The van der Waals surface area contributed by atoms with Gasteiger partial charge < -0.3 is 25.6 Å². The van der Waals surface area contributed by atoms with Gasteiger partial charge in [-0.3, -0.25) is 14.4 Å². The second kappa shape index (κ2) is 11.9. The zero-order valence-electron chi connectivity index (χ0n) is 23.9. The number of methoxy groups -OCH3 is 1. The van der Waals surface area contributed by atoms with Gasteiger partial charge in [0, 0.05) is 22.1 Å². The molecule has 5 rings (SSSR count). The molecule has 218 valence electrons. The van der Waals surface area contributed by atoms with Crippen molar-refractivity contribution in [3.63, 3.8) is 0 Å². The van der Waals surface area contributed by atoms with Crippen LogP contribution < -0.4 is 25.6 Å². The summed E-state index contributed by atoms with van der Waals surface area (Å²) in [5.41, 5.74) is 6.73. The minimum Gasteiger partial charge on any atom is -0.496 e. The molecule has 4 aromatic carbocycles. The molecule has 0 saturated heterocycles. The zero-order chi connectivity index (χ0) is 30.9. The van der Waals surface area contributed by atoms with Crippen molar-refractivity contribution in [3.8, 4) is 11.8 Å². The summed E-state index contributed by atoms with van der Waals surface area (Å²) in [6.07, 6.45) is 0. The van der Waals surface area contributed by atoms with E-state index in [1.54, 1.807) is 68.4 Å². The van der Waals surface area contributed by atoms with E-state index >= 15 is 0 Å². The summed E-state index contributed by atoms with van der Waals surface area (Å²) in [4.78, 5) is 44.8. The van der Waals surface area contributed by atoms with Crippen molar-refractivity contribution in [3.05, 3.63) is 100 Å². The number of nitrogens with two attached hydrogens (primary N) is 1. The third kappa shape index (κ3) is 5.33. The standard InChI is InChI=1S/C33H30BrN5O4/c1-33(37-2,32(36)42)26-19-39(30(40)22-8-6-7-20(15-22)17-35)28-10-5-4-9-27(28)38(31(26)41)18-25-24-13-12-23(34)16-21(24)11-14-29(25)43-3/h4-16,26,37H,18-19H2,1-3H3,(H2,36,42)/t26-,33?/m1/s1. The number of anilines is 2. The average molecular weight is 641 g/mol. The smallest absolute Gasteiger partial charge is 0.258 e. The lowest BCUT2D eigenvalue weighted by Gasteiger charge is -2.36. The number of primary amides is 1. The number of ether oxygens (including phenoxy) is 1. The molecule has 43 heavy (non-hydrogen) atoms. The first-order valence-corrected chi connectivity index (χ1v) is 14.4. The number of fused-ring (bicyclic) bond motifs is 2. The van der Waals surface area contributed by atoms with Crippen LogP contribution in [0.3, 0.4) is 0 Å². The molecule has 0 spiro atoms. The minimum atomic E-state index is -1.50. The summed E-state index contributed by atoms with van der Waals surface area (Å²) < 4.78 is 6.66. The summed E-state index contributed by atoms with van der Waals surface area (Å²) in [6.45, 7) is 1.53. The Hall–Kier alpha value is -4.72. The molecule has 9 nitrogen and oxygen atoms in total. The molecule has 0 saturated carbocycles. The van der Waals surface area contributed by atoms with E-state index in [4.69, 9.17) is 10.5 Å². The van der Waals surface area contributed by atoms with E-state index in [1.807, 2.05) is 30.3 Å². The van der Waals surface area contributed by atoms with E-state index in [-0.39, 0.29) is 24.6 Å². The predicted octanol–water partition coefficient (Wildman–Crippen LogP) is 4.76. The molecule has 1 aliphatic heterocycles. The highest BCUT2D eigenvalue weighted by atomic mass is 79.9. The fourth-order valence-electron chi connectivity index (χ4n) is 5.58. The predicted molar refractivity (Wildman–Crippen MR) is 169 cm³/mol. The Kier molecular flexibility index (Phi) is 8.22. The van der Waals surface area contributed by atoms with Crippen molar-refractivity contribution >= 4 is 55.8 Å². The van der Waals surface area contributed by atoms with E-state index < -0.39 is 23.3 Å². The lowest BCUT2D eigenvalue weighted by Crippen LogP contribution is -2.63. The first-order valence-electron chi connectivity index (χ1n) is 13.6. The van der Waals surface area contributed by atoms with Crippen LogP contribution in [0.1, 0.15) is 28.4 Å². The molecule has 3 amide bonds. The van der Waals surface area contributed by atoms with Crippen LogP contribution in [0.25, 0.3) is 10.8 Å². The van der Waals surface area contributed by atoms with Crippen LogP contribution >= 0.6 is 15.9 Å². The quantitative estimate of drug-likeness (QED) is 0.300. The van der Waals surface area contributed by atoms with Gasteiger partial charge in [0.15, 0.2) is 0 Å². The monoisotopic (exact) mass is 639 g/mol. The highest BCUT2D eigenvalue weighted by Crippen LogP contribution is 2.40. The molecule has 0 fully saturated rings. The van der Waals surface area contributed by atoms with Crippen molar-refractivity contribution in [2.45, 2.75) is 19.0 Å². The topological polar surface area (TPSA) is 129 Å². The van der Waals surface area contributed by atoms with Crippen LogP contribution in [0.15, 0.2) is 83.3 Å². The number of para-hydroxylation sites is 2. The van der Waals surface area contributed by atoms with E-state index in [1.165, 1.54) is 11.0 Å². The number of likely N-dealkylation sites (N-methyl/N-ethyl adjacent to an activating group) is 1. The SMILES string of the molecule is CNC(C)(C(N)=O)[C@@H]1CN(C(=O)c2cccc(C#N)c2)c2ccccc2N(Cc2c(OC)ccc3cc(Br)ccc23)C1=O. The molecule has 0 bridgehead atoms. The van der Waals surface area contributed by atoms with Gasteiger partial charge in [0.05, 0.1) is 42.6 Å². The summed E-state index contributed by atoms with van der Waals surface area (Å²) in [5, 5.41) is 14.2. The van der Waals surface area contributed by atoms with Crippen LogP contribution in [-0.2, 0) is 16.1 Å². The maximum Gasteiger partial charge on any atom is 0.258 e. The van der Waals surface area contributed by atoms with Crippen LogP contribution in [0.5, 0.6) is 5.75 Å². The number of amides is 3. The highest BCUT2D eigenvalue weighted by Gasteiger charge is 2.49. The Labute approximate surface area is 258 Å². The fourth-order valence-corrected chi connectivity index (χ4v) is 5.95. The van der Waals surface area contributed by atoms with E-state index in [0.717, 1.165) is 20.8 Å². The van der Waals surface area contributed by atoms with Gasteiger partial charge in [-0.15, -0.1) is 0 Å². The van der Waals surface area contributed by atoms with E-state index in [9.17, 15) is 19.6 Å². The second-order valence-corrected chi connectivity index (χ2v) is 11.4. The van der Waals surface area contributed by atoms with Crippen LogP contribution in [0.2, 0.25) is 0 Å². The Morgan fingerprint density at radius 2 is 1.84 bits per heavy atom. The second-order valence-electron chi connectivity index (χ2n) is 10.5. The van der Waals surface area contributed by atoms with Crippen molar-refractivity contribution < 1.29 is 19.1 Å². The van der Waals surface area contributed by atoms with Crippen LogP contribution in [0.4, 0.5) is 11.4 Å². The number of hydrogen-bond acceptors (Lipinski definition) is 6. The number of hydrogen-bond donors (Lipinski definition) is 2. The maximum atomic E-state index is 14.7. The van der Waals surface area contributed by atoms with Crippen molar-refractivity contribution in [1.29, 1.82) is 5.26 Å². The molecule has 2 atom stereocenters. The van der Waals surface area contributed by atoms with Crippen molar-refractivity contribution in [1.82, 2.24) is 5.32 Å². The molecule has 0 aromatic heterocycles. The molecular formula is C33H30BrN5O4. The summed E-state index contributed by atoms with van der Waals surface area (Å²) in [6, 6.07) is 25.2. The molecular weight excluding hydrogens is 610 g/mol. The fraction of sp³-hybridized carbons (Fsp3) is 0.212. The third-order valence-corrected chi connectivity index (χ3v) is 8.68. The lowest BCUT2D eigenvalue weighted by molar-refractivity contribution is -0.133. The Bertz CT molecular complexity index is 1800. The van der Waals surface area contributed by atoms with E-state index in [0.29, 0.717) is 22.7 Å². The summed E-state index contributed by atoms with van der Waals surface area (Å²) in [7, 11) is 3.14. The molecule has 0 aliphatic carbocycles. The molecule has 0 radical (unpaired) electrons. The number of nitriles is 1. The maximum absolute atomic E-state index is 14.7. The van der Waals surface area contributed by atoms with Crippen LogP contribution in [0, 0.1) is 17.2 Å². The number of carbonyl (C=O) groups excluding carboxylic acids is 3. The molecule has 1 unspecified atom stereocenters. The number of carbonyl (C=O) groups is 3. The van der Waals surface area contributed by atoms with Gasteiger partial charge in [0.1, 0.15) is 11.3 Å². The Balaban J connectivity index is 1.73. The first-order chi connectivity index (χ1) is 20.6. The summed E-state index contributed by atoms with van der Waals surface area (Å²) in [5.74, 6) is -2.01. The largest absolute Gasteiger partial charge is 0.496 e. The molecule has 4 aromatic rings. The first kappa shape index (κ1) is 29.8. The zero-order valence-corrected chi connectivity index (χ0v) is 25.5. The molecule has 3 N–H and O–H groups in total.